The van der Waals surface area contributed by atoms with Crippen LogP contribution in [0, 0.1) is 6.85 Å². The molecule has 2 aromatic heterocycles. The number of hydrogen-bond acceptors (Lipinski definition) is 3. The van der Waals surface area contributed by atoms with Crippen molar-refractivity contribution in [3.05, 3.63) is 217 Å². The van der Waals surface area contributed by atoms with Crippen molar-refractivity contribution in [1.82, 2.24) is 14.5 Å². The number of hydrogen-bond donors (Lipinski definition) is 1. The van der Waals surface area contributed by atoms with Gasteiger partial charge in [-0.3, -0.25) is 9.55 Å². The SMILES string of the molecule is [2H]C([2H])([2H])c1cc(-c2cc(C(C)C)cc(C([2H])(C)C)c2)ccc1-n1c(-c2ccccc2O)nc2c(-c3cc(-c4ccccc4)cc(-c4cc(-c5ccc(-c6ccccc6)cc5)ccn4)c3)cccc21. The molecular weight excluding hydrogens is 791 g/mol. The molecule has 4 nitrogen and oxygen atoms in total. The number of phenolic OH excluding ortho intramolecular Hbond substituents is 1. The first-order valence-corrected chi connectivity index (χ1v) is 22.1. The monoisotopic (exact) mass is 845 g/mol. The molecule has 0 atom stereocenters. The summed E-state index contributed by atoms with van der Waals surface area (Å²) in [6.07, 6.45) is 1.86. The average Bonchev–Trinajstić information content (AvgIpc) is 3.75. The van der Waals surface area contributed by atoms with Crippen LogP contribution in [-0.2, 0) is 0 Å². The summed E-state index contributed by atoms with van der Waals surface area (Å²) in [5, 5.41) is 11.4. The molecule has 10 rings (SSSR count). The minimum atomic E-state index is -2.53. The summed E-state index contributed by atoms with van der Waals surface area (Å²) in [5.74, 6) is -0.229. The lowest BCUT2D eigenvalue weighted by atomic mass is 9.90. The van der Waals surface area contributed by atoms with Gasteiger partial charge in [0.05, 0.1) is 28.0 Å². The van der Waals surface area contributed by atoms with E-state index in [0.29, 0.717) is 28.1 Å². The van der Waals surface area contributed by atoms with Crippen molar-refractivity contribution in [3.63, 3.8) is 0 Å². The fraction of sp³-hybridized carbons (Fsp3) is 0.115. The van der Waals surface area contributed by atoms with Crippen molar-refractivity contribution < 1.29 is 10.6 Å². The third kappa shape index (κ3) is 8.16. The molecule has 4 heteroatoms. The Morgan fingerprint density at radius 3 is 1.78 bits per heavy atom. The number of pyridine rings is 1. The lowest BCUT2D eigenvalue weighted by Crippen LogP contribution is -2.01. The zero-order valence-corrected chi connectivity index (χ0v) is 36.9. The van der Waals surface area contributed by atoms with E-state index in [0.717, 1.165) is 72.5 Å². The second-order valence-electron chi connectivity index (χ2n) is 17.2. The number of imidazole rings is 1. The predicted molar refractivity (Wildman–Crippen MR) is 271 cm³/mol. The van der Waals surface area contributed by atoms with E-state index in [1.807, 2.05) is 97.4 Å². The average molecular weight is 846 g/mol. The molecular formula is C61H51N3O. The van der Waals surface area contributed by atoms with Gasteiger partial charge in [0.1, 0.15) is 11.6 Å². The molecule has 10 aromatic rings. The Balaban J connectivity index is 1.16. The molecule has 1 N–H and O–H groups in total. The van der Waals surface area contributed by atoms with Crippen LogP contribution in [0.25, 0.3) is 95.0 Å². The van der Waals surface area contributed by atoms with E-state index in [1.54, 1.807) is 24.3 Å². The number of para-hydroxylation sites is 2. The lowest BCUT2D eigenvalue weighted by Gasteiger charge is -2.17. The zero-order valence-electron chi connectivity index (χ0n) is 40.9. The molecule has 0 saturated carbocycles. The molecule has 0 aliphatic rings. The van der Waals surface area contributed by atoms with Crippen molar-refractivity contribution in [2.45, 2.75) is 46.4 Å². The van der Waals surface area contributed by atoms with Crippen LogP contribution < -0.4 is 0 Å². The van der Waals surface area contributed by atoms with E-state index in [-0.39, 0.29) is 17.2 Å². The molecule has 65 heavy (non-hydrogen) atoms. The first-order valence-electron chi connectivity index (χ1n) is 24.1. The van der Waals surface area contributed by atoms with Crippen molar-refractivity contribution in [3.8, 4) is 89.7 Å². The van der Waals surface area contributed by atoms with Crippen LogP contribution in [0.2, 0.25) is 0 Å². The summed E-state index contributed by atoms with van der Waals surface area (Å²) in [7, 11) is 0. The minimum Gasteiger partial charge on any atom is -0.507 e. The van der Waals surface area contributed by atoms with E-state index in [2.05, 4.69) is 111 Å². The zero-order chi connectivity index (χ0) is 48.0. The molecule has 8 aromatic carbocycles. The Bertz CT molecular complexity index is 3500. The van der Waals surface area contributed by atoms with Crippen LogP contribution in [0.1, 0.15) is 61.7 Å². The molecule has 0 amide bonds. The molecule has 0 radical (unpaired) electrons. The third-order valence-electron chi connectivity index (χ3n) is 12.3. The maximum absolute atomic E-state index is 11.4. The lowest BCUT2D eigenvalue weighted by molar-refractivity contribution is 0.477. The third-order valence-corrected chi connectivity index (χ3v) is 12.3. The van der Waals surface area contributed by atoms with E-state index >= 15 is 0 Å². The second-order valence-corrected chi connectivity index (χ2v) is 17.2. The van der Waals surface area contributed by atoms with E-state index in [4.69, 9.17) is 15.5 Å². The Morgan fingerprint density at radius 1 is 0.492 bits per heavy atom. The second kappa shape index (κ2) is 17.4. The number of aromatic nitrogens is 3. The summed E-state index contributed by atoms with van der Waals surface area (Å²) < 4.78 is 37.7. The van der Waals surface area contributed by atoms with Gasteiger partial charge < -0.3 is 5.11 Å². The Hall–Kier alpha value is -7.82. The minimum absolute atomic E-state index is 0.0210. The first-order chi connectivity index (χ1) is 33.2. The number of phenols is 1. The molecule has 0 saturated heterocycles. The van der Waals surface area contributed by atoms with Crippen LogP contribution in [0.15, 0.2) is 200 Å². The molecule has 0 fully saturated rings. The van der Waals surface area contributed by atoms with Gasteiger partial charge in [-0.25, -0.2) is 4.98 Å². The fourth-order valence-electron chi connectivity index (χ4n) is 8.75. The van der Waals surface area contributed by atoms with Crippen molar-refractivity contribution in [2.75, 3.05) is 0 Å². The number of fused-ring (bicyclic) bond motifs is 1. The van der Waals surface area contributed by atoms with Gasteiger partial charge >= 0.3 is 0 Å². The van der Waals surface area contributed by atoms with Crippen LogP contribution in [-0.4, -0.2) is 19.6 Å². The number of nitrogens with zero attached hydrogens (tertiary/aromatic N) is 3. The molecule has 0 aliphatic heterocycles. The maximum Gasteiger partial charge on any atom is 0.149 e. The van der Waals surface area contributed by atoms with Crippen LogP contribution in [0.4, 0.5) is 0 Å². The molecule has 0 aliphatic carbocycles. The Kier molecular flexibility index (Phi) is 9.80. The Morgan fingerprint density at radius 2 is 1.08 bits per heavy atom. The molecule has 316 valence electrons. The van der Waals surface area contributed by atoms with Gasteiger partial charge in [-0.2, -0.15) is 0 Å². The highest BCUT2D eigenvalue weighted by atomic mass is 16.3. The fourth-order valence-corrected chi connectivity index (χ4v) is 8.75. The predicted octanol–water partition coefficient (Wildman–Crippen LogP) is 16.4. The quantitative estimate of drug-likeness (QED) is 0.149. The number of benzene rings is 8. The standard InChI is InChI=1S/C61H51N3O/c1-39(2)48-32-49(40(3)4)34-51(33-48)46-27-28-57(41(5)31-46)64-58-21-14-20-54(60(58)63-61(64)55-19-12-13-22-59(55)65)52-35-50(43-17-10-7-11-18-43)36-53(37-52)56-38-47(29-30-62-56)45-25-23-44(24-26-45)42-15-8-6-9-16-42/h6-40,65H,1-5H3/i5D3,39D. The van der Waals surface area contributed by atoms with Gasteiger partial charge in [-0.05, 0) is 146 Å². The van der Waals surface area contributed by atoms with Gasteiger partial charge in [0.25, 0.3) is 0 Å². The highest BCUT2D eigenvalue weighted by Crippen LogP contribution is 2.41. The molecule has 0 unspecified atom stereocenters. The van der Waals surface area contributed by atoms with Gasteiger partial charge in [-0.15, -0.1) is 0 Å². The molecule has 0 spiro atoms. The van der Waals surface area contributed by atoms with Crippen molar-refractivity contribution >= 4 is 11.0 Å². The normalized spacial score (nSPS) is 12.8. The molecule has 0 bridgehead atoms. The van der Waals surface area contributed by atoms with E-state index in [9.17, 15) is 5.11 Å². The summed E-state index contributed by atoms with van der Waals surface area (Å²) in [6.45, 7) is 5.44. The summed E-state index contributed by atoms with van der Waals surface area (Å²) in [4.78, 5) is 10.3. The van der Waals surface area contributed by atoms with Gasteiger partial charge in [-0.1, -0.05) is 161 Å². The van der Waals surface area contributed by atoms with Crippen LogP contribution in [0.3, 0.4) is 0 Å². The summed E-state index contributed by atoms with van der Waals surface area (Å²) in [6, 6.07) is 64.6. The summed E-state index contributed by atoms with van der Waals surface area (Å²) in [5.41, 5.74) is 15.8. The van der Waals surface area contributed by atoms with Crippen LogP contribution in [0.5, 0.6) is 5.75 Å². The highest BCUT2D eigenvalue weighted by molar-refractivity contribution is 5.98. The Labute approximate surface area is 387 Å². The van der Waals surface area contributed by atoms with E-state index < -0.39 is 12.7 Å². The van der Waals surface area contributed by atoms with Gasteiger partial charge in [0, 0.05) is 22.8 Å². The van der Waals surface area contributed by atoms with Crippen molar-refractivity contribution in [1.29, 1.82) is 0 Å². The molecule has 2 heterocycles. The largest absolute Gasteiger partial charge is 0.507 e. The first kappa shape index (κ1) is 36.6. The van der Waals surface area contributed by atoms with Crippen molar-refractivity contribution in [2.24, 2.45) is 0 Å². The smallest absolute Gasteiger partial charge is 0.149 e. The van der Waals surface area contributed by atoms with E-state index in [1.165, 1.54) is 5.56 Å². The number of aromatic hydroxyl groups is 1. The van der Waals surface area contributed by atoms with Crippen LogP contribution >= 0.6 is 0 Å². The van der Waals surface area contributed by atoms with Gasteiger partial charge in [0.2, 0.25) is 0 Å². The maximum atomic E-state index is 11.4. The number of rotatable bonds is 10. The summed E-state index contributed by atoms with van der Waals surface area (Å²) >= 11 is 0. The number of aryl methyl sites for hydroxylation is 1. The highest BCUT2D eigenvalue weighted by Gasteiger charge is 2.22. The topological polar surface area (TPSA) is 50.9 Å². The van der Waals surface area contributed by atoms with Gasteiger partial charge in [0.15, 0.2) is 0 Å².